The highest BCUT2D eigenvalue weighted by molar-refractivity contribution is 5.73. The van der Waals surface area contributed by atoms with E-state index < -0.39 is 0 Å². The first-order valence-electron chi connectivity index (χ1n) is 5.98. The number of ether oxygens (including phenoxy) is 1. The van der Waals surface area contributed by atoms with E-state index in [1.54, 1.807) is 0 Å². The van der Waals surface area contributed by atoms with Crippen molar-refractivity contribution in [2.24, 2.45) is 0 Å². The van der Waals surface area contributed by atoms with Crippen molar-refractivity contribution in [1.29, 1.82) is 0 Å². The Kier molecular flexibility index (Phi) is 3.96. The highest BCUT2D eigenvalue weighted by Crippen LogP contribution is 2.21. The minimum absolute atomic E-state index is 0.0677. The molecule has 1 aromatic heterocycles. The molecule has 0 atom stereocenters. The van der Waals surface area contributed by atoms with Gasteiger partial charge >= 0.3 is 5.97 Å². The minimum atomic E-state index is -0.188. The lowest BCUT2D eigenvalue weighted by Crippen LogP contribution is -2.24. The molecule has 0 radical (unpaired) electrons. The molecule has 1 aromatic rings. The van der Waals surface area contributed by atoms with Gasteiger partial charge in [0.25, 0.3) is 0 Å². The van der Waals surface area contributed by atoms with Gasteiger partial charge in [-0.25, -0.2) is 0 Å². The van der Waals surface area contributed by atoms with E-state index in [1.165, 1.54) is 0 Å². The predicted molar refractivity (Wildman–Crippen MR) is 67.0 cm³/mol. The summed E-state index contributed by atoms with van der Waals surface area (Å²) in [6.45, 7) is 12.5. The maximum Gasteiger partial charge on any atom is 0.310 e. The van der Waals surface area contributed by atoms with Crippen LogP contribution in [0, 0.1) is 13.8 Å². The molecule has 0 saturated carbocycles. The van der Waals surface area contributed by atoms with Crippen LogP contribution in [-0.4, -0.2) is 22.4 Å². The Labute approximate surface area is 103 Å². The maximum atomic E-state index is 11.5. The highest BCUT2D eigenvalue weighted by Gasteiger charge is 2.22. The van der Waals surface area contributed by atoms with Gasteiger partial charge in [0.1, 0.15) is 0 Å². The van der Waals surface area contributed by atoms with Crippen LogP contribution in [0.15, 0.2) is 0 Å². The fourth-order valence-electron chi connectivity index (χ4n) is 1.94. The van der Waals surface area contributed by atoms with Gasteiger partial charge in [-0.3, -0.25) is 9.48 Å². The number of aryl methyl sites for hydroxylation is 1. The molecule has 0 bridgehead atoms. The Morgan fingerprint density at radius 2 is 1.94 bits per heavy atom. The standard InChI is InChI=1S/C13H22N2O2/c1-7-17-12(16)8-11-9(2)14-15(10(11)3)13(4,5)6/h7-8H2,1-6H3. The maximum absolute atomic E-state index is 11.5. The molecular weight excluding hydrogens is 216 g/mol. The molecular formula is C13H22N2O2. The summed E-state index contributed by atoms with van der Waals surface area (Å²) in [5.74, 6) is -0.188. The zero-order valence-electron chi connectivity index (χ0n) is 11.6. The van der Waals surface area contributed by atoms with Crippen LogP contribution in [0.2, 0.25) is 0 Å². The Balaban J connectivity index is 3.02. The summed E-state index contributed by atoms with van der Waals surface area (Å²) >= 11 is 0. The fourth-order valence-corrected chi connectivity index (χ4v) is 1.94. The van der Waals surface area contributed by atoms with Crippen molar-refractivity contribution in [2.75, 3.05) is 6.61 Å². The van der Waals surface area contributed by atoms with Crippen molar-refractivity contribution in [1.82, 2.24) is 9.78 Å². The topological polar surface area (TPSA) is 44.1 Å². The Bertz CT molecular complexity index is 414. The fraction of sp³-hybridized carbons (Fsp3) is 0.692. The molecule has 0 unspecified atom stereocenters. The Morgan fingerprint density at radius 3 is 2.35 bits per heavy atom. The third-order valence-corrected chi connectivity index (χ3v) is 2.70. The quantitative estimate of drug-likeness (QED) is 0.759. The van der Waals surface area contributed by atoms with Gasteiger partial charge in [-0.2, -0.15) is 5.10 Å². The van der Waals surface area contributed by atoms with Gasteiger partial charge < -0.3 is 4.74 Å². The van der Waals surface area contributed by atoms with E-state index in [4.69, 9.17) is 4.74 Å². The van der Waals surface area contributed by atoms with Crippen molar-refractivity contribution < 1.29 is 9.53 Å². The SMILES string of the molecule is CCOC(=O)Cc1c(C)nn(C(C)(C)C)c1C. The molecule has 1 heterocycles. The molecule has 1 rings (SSSR count). The summed E-state index contributed by atoms with van der Waals surface area (Å²) in [5, 5.41) is 4.50. The number of carbonyl (C=O) groups excluding carboxylic acids is 1. The van der Waals surface area contributed by atoms with Crippen molar-refractivity contribution >= 4 is 5.97 Å². The number of nitrogens with zero attached hydrogens (tertiary/aromatic N) is 2. The highest BCUT2D eigenvalue weighted by atomic mass is 16.5. The molecule has 0 aromatic carbocycles. The molecule has 0 aliphatic carbocycles. The lowest BCUT2D eigenvalue weighted by molar-refractivity contribution is -0.142. The van der Waals surface area contributed by atoms with Gasteiger partial charge in [0.15, 0.2) is 0 Å². The van der Waals surface area contributed by atoms with Crippen LogP contribution < -0.4 is 0 Å². The first-order chi connectivity index (χ1) is 7.77. The number of hydrogen-bond acceptors (Lipinski definition) is 3. The zero-order valence-corrected chi connectivity index (χ0v) is 11.6. The second-order valence-electron chi connectivity index (χ2n) is 5.21. The normalized spacial score (nSPS) is 11.6. The largest absolute Gasteiger partial charge is 0.466 e. The van der Waals surface area contributed by atoms with Gasteiger partial charge in [-0.05, 0) is 41.5 Å². The van der Waals surface area contributed by atoms with E-state index in [1.807, 2.05) is 25.5 Å². The lowest BCUT2D eigenvalue weighted by Gasteiger charge is -2.21. The first kappa shape index (κ1) is 13.7. The van der Waals surface area contributed by atoms with Gasteiger partial charge in [0, 0.05) is 11.3 Å². The molecule has 4 heteroatoms. The number of esters is 1. The number of hydrogen-bond donors (Lipinski definition) is 0. The number of rotatable bonds is 3. The van der Waals surface area contributed by atoms with Gasteiger partial charge in [-0.1, -0.05) is 0 Å². The lowest BCUT2D eigenvalue weighted by atomic mass is 10.1. The van der Waals surface area contributed by atoms with Gasteiger partial charge in [-0.15, -0.1) is 0 Å². The molecule has 17 heavy (non-hydrogen) atoms. The van der Waals surface area contributed by atoms with Crippen molar-refractivity contribution in [2.45, 2.75) is 53.5 Å². The van der Waals surface area contributed by atoms with Crippen LogP contribution in [-0.2, 0) is 21.5 Å². The van der Waals surface area contributed by atoms with Crippen LogP contribution in [0.1, 0.15) is 44.6 Å². The smallest absolute Gasteiger partial charge is 0.310 e. The number of aromatic nitrogens is 2. The number of carbonyl (C=O) groups is 1. The van der Waals surface area contributed by atoms with Gasteiger partial charge in [0.2, 0.25) is 0 Å². The van der Waals surface area contributed by atoms with Crippen LogP contribution in [0.5, 0.6) is 0 Å². The van der Waals surface area contributed by atoms with Crippen molar-refractivity contribution in [3.05, 3.63) is 17.0 Å². The summed E-state index contributed by atoms with van der Waals surface area (Å²) in [6.07, 6.45) is 0.307. The van der Waals surface area contributed by atoms with E-state index in [-0.39, 0.29) is 11.5 Å². The van der Waals surface area contributed by atoms with E-state index in [0.717, 1.165) is 17.0 Å². The summed E-state index contributed by atoms with van der Waals surface area (Å²) in [6, 6.07) is 0. The molecule has 96 valence electrons. The van der Waals surface area contributed by atoms with Crippen LogP contribution >= 0.6 is 0 Å². The second-order valence-corrected chi connectivity index (χ2v) is 5.21. The van der Waals surface area contributed by atoms with Crippen LogP contribution in [0.3, 0.4) is 0 Å². The summed E-state index contributed by atoms with van der Waals surface area (Å²) in [5.41, 5.74) is 2.87. The third-order valence-electron chi connectivity index (χ3n) is 2.70. The molecule has 0 fully saturated rings. The predicted octanol–water partition coefficient (Wildman–Crippen LogP) is 2.36. The molecule has 0 aliphatic heterocycles. The first-order valence-corrected chi connectivity index (χ1v) is 5.98. The van der Waals surface area contributed by atoms with Crippen molar-refractivity contribution in [3.8, 4) is 0 Å². The molecule has 0 aliphatic rings. The van der Waals surface area contributed by atoms with E-state index in [2.05, 4.69) is 25.9 Å². The average Bonchev–Trinajstić information content (AvgIpc) is 2.45. The van der Waals surface area contributed by atoms with Crippen molar-refractivity contribution in [3.63, 3.8) is 0 Å². The second kappa shape index (κ2) is 4.90. The van der Waals surface area contributed by atoms with E-state index in [9.17, 15) is 4.79 Å². The van der Waals surface area contributed by atoms with E-state index in [0.29, 0.717) is 13.0 Å². The Morgan fingerprint density at radius 1 is 1.35 bits per heavy atom. The molecule has 0 N–H and O–H groups in total. The van der Waals surface area contributed by atoms with E-state index >= 15 is 0 Å². The van der Waals surface area contributed by atoms with Gasteiger partial charge in [0.05, 0.1) is 24.3 Å². The van der Waals surface area contributed by atoms with Crippen LogP contribution in [0.4, 0.5) is 0 Å². The summed E-state index contributed by atoms with van der Waals surface area (Å²) in [7, 11) is 0. The zero-order chi connectivity index (χ0) is 13.2. The average molecular weight is 238 g/mol. The molecule has 0 spiro atoms. The Hall–Kier alpha value is -1.32. The monoisotopic (exact) mass is 238 g/mol. The summed E-state index contributed by atoms with van der Waals surface area (Å²) in [4.78, 5) is 11.5. The van der Waals surface area contributed by atoms with Crippen LogP contribution in [0.25, 0.3) is 0 Å². The molecule has 4 nitrogen and oxygen atoms in total. The summed E-state index contributed by atoms with van der Waals surface area (Å²) < 4.78 is 6.94. The minimum Gasteiger partial charge on any atom is -0.466 e. The third kappa shape index (κ3) is 3.08. The molecule has 0 saturated heterocycles. The molecule has 0 amide bonds.